The maximum Gasteiger partial charge on any atom is 0.252 e. The van der Waals surface area contributed by atoms with Gasteiger partial charge in [0.25, 0.3) is 5.56 Å². The third-order valence-electron chi connectivity index (χ3n) is 4.80. The Morgan fingerprint density at radius 3 is 2.58 bits per heavy atom. The predicted molar refractivity (Wildman–Crippen MR) is 106 cm³/mol. The molecule has 6 heteroatoms. The van der Waals surface area contributed by atoms with Crippen LogP contribution in [0.3, 0.4) is 0 Å². The highest BCUT2D eigenvalue weighted by molar-refractivity contribution is 5.53. The van der Waals surface area contributed by atoms with Crippen LogP contribution in [-0.2, 0) is 13.0 Å². The molecule has 2 aromatic rings. The lowest BCUT2D eigenvalue weighted by Gasteiger charge is -2.32. The molecule has 0 spiro atoms. The van der Waals surface area contributed by atoms with E-state index in [0.29, 0.717) is 5.95 Å². The maximum atomic E-state index is 11.8. The SMILES string of the molecule is CCCCc1cc(=O)[nH]c(Nc2ccc(CN3CCN(C)CC3)cc2)n1. The number of anilines is 2. The van der Waals surface area contributed by atoms with Crippen LogP contribution >= 0.6 is 0 Å². The number of hydrogen-bond acceptors (Lipinski definition) is 5. The Morgan fingerprint density at radius 1 is 1.15 bits per heavy atom. The van der Waals surface area contributed by atoms with Crippen LogP contribution < -0.4 is 10.9 Å². The second-order valence-electron chi connectivity index (χ2n) is 7.09. The average Bonchev–Trinajstić information content (AvgIpc) is 2.63. The van der Waals surface area contributed by atoms with E-state index in [4.69, 9.17) is 0 Å². The summed E-state index contributed by atoms with van der Waals surface area (Å²) in [6, 6.07) is 9.95. The molecule has 1 aromatic heterocycles. The fourth-order valence-electron chi connectivity index (χ4n) is 3.15. The van der Waals surface area contributed by atoms with Gasteiger partial charge in [0.1, 0.15) is 0 Å². The third-order valence-corrected chi connectivity index (χ3v) is 4.80. The van der Waals surface area contributed by atoms with Gasteiger partial charge in [0.2, 0.25) is 5.95 Å². The first-order valence-electron chi connectivity index (χ1n) is 9.49. The highest BCUT2D eigenvalue weighted by atomic mass is 16.1. The van der Waals surface area contributed by atoms with Crippen LogP contribution in [0.5, 0.6) is 0 Å². The number of hydrogen-bond donors (Lipinski definition) is 2. The molecule has 0 radical (unpaired) electrons. The zero-order valence-electron chi connectivity index (χ0n) is 15.8. The van der Waals surface area contributed by atoms with Gasteiger partial charge in [0.15, 0.2) is 0 Å². The molecular formula is C20H29N5O. The van der Waals surface area contributed by atoms with Gasteiger partial charge in [0.05, 0.1) is 0 Å². The van der Waals surface area contributed by atoms with E-state index in [9.17, 15) is 4.79 Å². The monoisotopic (exact) mass is 355 g/mol. The number of aromatic amines is 1. The number of piperazine rings is 1. The van der Waals surface area contributed by atoms with E-state index >= 15 is 0 Å². The smallest absolute Gasteiger partial charge is 0.252 e. The number of likely N-dealkylation sites (N-methyl/N-ethyl adjacent to an activating group) is 1. The minimum absolute atomic E-state index is 0.111. The first-order valence-corrected chi connectivity index (χ1v) is 9.49. The Morgan fingerprint density at radius 2 is 1.88 bits per heavy atom. The fourth-order valence-corrected chi connectivity index (χ4v) is 3.15. The molecule has 0 unspecified atom stereocenters. The van der Waals surface area contributed by atoms with Crippen LogP contribution in [0.1, 0.15) is 31.0 Å². The van der Waals surface area contributed by atoms with Gasteiger partial charge in [-0.1, -0.05) is 25.5 Å². The quantitative estimate of drug-likeness (QED) is 0.799. The van der Waals surface area contributed by atoms with Crippen molar-refractivity contribution in [2.75, 3.05) is 38.5 Å². The molecular weight excluding hydrogens is 326 g/mol. The van der Waals surface area contributed by atoms with Crippen molar-refractivity contribution in [2.45, 2.75) is 32.7 Å². The van der Waals surface area contributed by atoms with Crippen LogP contribution in [0.15, 0.2) is 35.1 Å². The van der Waals surface area contributed by atoms with Gasteiger partial charge >= 0.3 is 0 Å². The molecule has 0 atom stereocenters. The van der Waals surface area contributed by atoms with E-state index in [1.807, 2.05) is 12.1 Å². The highest BCUT2D eigenvalue weighted by Gasteiger charge is 2.13. The summed E-state index contributed by atoms with van der Waals surface area (Å²) in [7, 11) is 2.17. The van der Waals surface area contributed by atoms with E-state index < -0.39 is 0 Å². The number of nitrogens with zero attached hydrogens (tertiary/aromatic N) is 3. The van der Waals surface area contributed by atoms with Gasteiger partial charge in [-0.3, -0.25) is 14.7 Å². The van der Waals surface area contributed by atoms with Crippen LogP contribution in [0.4, 0.5) is 11.6 Å². The lowest BCUT2D eigenvalue weighted by molar-refractivity contribution is 0.148. The second kappa shape index (κ2) is 8.96. The largest absolute Gasteiger partial charge is 0.326 e. The number of benzene rings is 1. The van der Waals surface area contributed by atoms with Crippen LogP contribution in [-0.4, -0.2) is 53.0 Å². The standard InChI is InChI=1S/C20H29N5O/c1-3-4-5-18-14-19(26)23-20(22-18)21-17-8-6-16(7-9-17)15-25-12-10-24(2)11-13-25/h6-9,14H,3-5,10-13,15H2,1-2H3,(H2,21,22,23,26). The van der Waals surface area contributed by atoms with E-state index in [-0.39, 0.29) is 5.56 Å². The average molecular weight is 355 g/mol. The molecule has 3 rings (SSSR count). The molecule has 1 aromatic carbocycles. The summed E-state index contributed by atoms with van der Waals surface area (Å²) >= 11 is 0. The lowest BCUT2D eigenvalue weighted by Crippen LogP contribution is -2.43. The predicted octanol–water partition coefficient (Wildman–Crippen LogP) is 2.60. The second-order valence-corrected chi connectivity index (χ2v) is 7.09. The van der Waals surface area contributed by atoms with Crippen LogP contribution in [0, 0.1) is 0 Å². The first-order chi connectivity index (χ1) is 12.6. The number of aromatic nitrogens is 2. The minimum Gasteiger partial charge on any atom is -0.326 e. The van der Waals surface area contributed by atoms with E-state index in [0.717, 1.165) is 63.4 Å². The number of rotatable bonds is 7. The minimum atomic E-state index is -0.111. The highest BCUT2D eigenvalue weighted by Crippen LogP contribution is 2.15. The van der Waals surface area contributed by atoms with Crippen molar-refractivity contribution in [3.05, 3.63) is 51.9 Å². The summed E-state index contributed by atoms with van der Waals surface area (Å²) < 4.78 is 0. The molecule has 26 heavy (non-hydrogen) atoms. The van der Waals surface area contributed by atoms with Crippen molar-refractivity contribution in [1.29, 1.82) is 0 Å². The van der Waals surface area contributed by atoms with Gasteiger partial charge in [0, 0.05) is 50.2 Å². The zero-order valence-corrected chi connectivity index (χ0v) is 15.8. The molecule has 0 aliphatic carbocycles. The van der Waals surface area contributed by atoms with Crippen molar-refractivity contribution in [3.8, 4) is 0 Å². The molecule has 1 aliphatic rings. The molecule has 1 fully saturated rings. The van der Waals surface area contributed by atoms with E-state index in [1.165, 1.54) is 5.56 Å². The number of H-pyrrole nitrogens is 1. The molecule has 1 aliphatic heterocycles. The summed E-state index contributed by atoms with van der Waals surface area (Å²) in [4.78, 5) is 23.9. The number of unbranched alkanes of at least 4 members (excludes halogenated alkanes) is 1. The first kappa shape index (κ1) is 18.6. The molecule has 6 nitrogen and oxygen atoms in total. The van der Waals surface area contributed by atoms with Gasteiger partial charge in [-0.25, -0.2) is 4.98 Å². The summed E-state index contributed by atoms with van der Waals surface area (Å²) in [5, 5.41) is 3.21. The molecule has 1 saturated heterocycles. The third kappa shape index (κ3) is 5.41. The van der Waals surface area contributed by atoms with Gasteiger partial charge in [-0.2, -0.15) is 0 Å². The summed E-state index contributed by atoms with van der Waals surface area (Å²) in [5.74, 6) is 0.510. The molecule has 0 bridgehead atoms. The molecule has 0 amide bonds. The lowest BCUT2D eigenvalue weighted by atomic mass is 10.2. The normalized spacial score (nSPS) is 15.9. The van der Waals surface area contributed by atoms with Gasteiger partial charge in [-0.15, -0.1) is 0 Å². The Labute approximate surface area is 155 Å². The van der Waals surface area contributed by atoms with Crippen LogP contribution in [0.25, 0.3) is 0 Å². The Kier molecular flexibility index (Phi) is 6.41. The van der Waals surface area contributed by atoms with Crippen molar-refractivity contribution in [3.63, 3.8) is 0 Å². The van der Waals surface area contributed by atoms with Crippen molar-refractivity contribution < 1.29 is 0 Å². The molecule has 2 heterocycles. The van der Waals surface area contributed by atoms with E-state index in [2.05, 4.69) is 51.2 Å². The molecule has 140 valence electrons. The summed E-state index contributed by atoms with van der Waals surface area (Å²) in [5.41, 5.74) is 2.96. The maximum absolute atomic E-state index is 11.8. The fraction of sp³-hybridized carbons (Fsp3) is 0.500. The van der Waals surface area contributed by atoms with Crippen LogP contribution in [0.2, 0.25) is 0 Å². The van der Waals surface area contributed by atoms with E-state index in [1.54, 1.807) is 6.07 Å². The Hall–Kier alpha value is -2.18. The summed E-state index contributed by atoms with van der Waals surface area (Å²) in [6.45, 7) is 7.62. The molecule has 2 N–H and O–H groups in total. The Balaban J connectivity index is 1.60. The van der Waals surface area contributed by atoms with Crippen molar-refractivity contribution in [2.24, 2.45) is 0 Å². The van der Waals surface area contributed by atoms with Gasteiger partial charge < -0.3 is 10.2 Å². The topological polar surface area (TPSA) is 64.3 Å². The Bertz CT molecular complexity index is 748. The molecule has 0 saturated carbocycles. The number of aryl methyl sites for hydroxylation is 1. The number of nitrogens with one attached hydrogen (secondary N) is 2. The van der Waals surface area contributed by atoms with Crippen molar-refractivity contribution >= 4 is 11.6 Å². The zero-order chi connectivity index (χ0) is 18.4. The van der Waals surface area contributed by atoms with Gasteiger partial charge in [-0.05, 0) is 37.6 Å². The summed E-state index contributed by atoms with van der Waals surface area (Å²) in [6.07, 6.45) is 2.96. The van der Waals surface area contributed by atoms with Crippen molar-refractivity contribution in [1.82, 2.24) is 19.8 Å².